The second-order valence-corrected chi connectivity index (χ2v) is 4.52. The summed E-state index contributed by atoms with van der Waals surface area (Å²) in [6, 6.07) is 3.32. The molecule has 2 aromatic rings. The van der Waals surface area contributed by atoms with Crippen molar-refractivity contribution in [2.75, 3.05) is 0 Å². The summed E-state index contributed by atoms with van der Waals surface area (Å²) in [5.74, 6) is 0.0812. The highest BCUT2D eigenvalue weighted by atomic mass is 79.9. The lowest BCUT2D eigenvalue weighted by molar-refractivity contribution is 0.0907. The SMILES string of the molecule is C[C@H](Cn1ccnc1)NC(=O)c1ccc(Br)o1. The minimum Gasteiger partial charge on any atom is -0.444 e. The van der Waals surface area contributed by atoms with Gasteiger partial charge < -0.3 is 14.3 Å². The molecule has 2 heterocycles. The average Bonchev–Trinajstić information content (AvgIpc) is 2.89. The van der Waals surface area contributed by atoms with Crippen molar-refractivity contribution in [3.05, 3.63) is 41.3 Å². The fourth-order valence-corrected chi connectivity index (χ4v) is 1.79. The van der Waals surface area contributed by atoms with Crippen LogP contribution in [0.5, 0.6) is 0 Å². The summed E-state index contributed by atoms with van der Waals surface area (Å²) in [4.78, 5) is 15.7. The van der Waals surface area contributed by atoms with E-state index in [2.05, 4.69) is 26.2 Å². The number of nitrogens with zero attached hydrogens (tertiary/aromatic N) is 2. The maximum Gasteiger partial charge on any atom is 0.287 e. The lowest BCUT2D eigenvalue weighted by atomic mass is 10.3. The molecule has 17 heavy (non-hydrogen) atoms. The molecule has 0 unspecified atom stereocenters. The fourth-order valence-electron chi connectivity index (χ4n) is 1.49. The van der Waals surface area contributed by atoms with Gasteiger partial charge in [0.15, 0.2) is 10.4 Å². The van der Waals surface area contributed by atoms with Gasteiger partial charge >= 0.3 is 0 Å². The molecule has 6 heteroatoms. The molecule has 0 radical (unpaired) electrons. The van der Waals surface area contributed by atoms with Crippen LogP contribution in [0.25, 0.3) is 0 Å². The molecule has 1 N–H and O–H groups in total. The van der Waals surface area contributed by atoms with E-state index in [0.717, 1.165) is 0 Å². The van der Waals surface area contributed by atoms with Crippen molar-refractivity contribution < 1.29 is 9.21 Å². The molecule has 1 atom stereocenters. The maximum absolute atomic E-state index is 11.7. The quantitative estimate of drug-likeness (QED) is 0.940. The van der Waals surface area contributed by atoms with E-state index in [-0.39, 0.29) is 11.9 Å². The summed E-state index contributed by atoms with van der Waals surface area (Å²) in [5, 5.41) is 2.85. The standard InChI is InChI=1S/C11H12BrN3O2/c1-8(6-15-5-4-13-7-15)14-11(16)9-2-3-10(12)17-9/h2-5,7-8H,6H2,1H3,(H,14,16)/t8-/m1/s1. The van der Waals surface area contributed by atoms with Crippen LogP contribution in [-0.2, 0) is 6.54 Å². The van der Waals surface area contributed by atoms with E-state index < -0.39 is 0 Å². The van der Waals surface area contributed by atoms with Crippen LogP contribution in [-0.4, -0.2) is 21.5 Å². The number of imidazole rings is 1. The first-order valence-corrected chi connectivity index (χ1v) is 5.96. The van der Waals surface area contributed by atoms with Gasteiger partial charge in [0.25, 0.3) is 5.91 Å². The molecule has 0 aromatic carbocycles. The van der Waals surface area contributed by atoms with E-state index >= 15 is 0 Å². The number of carbonyl (C=O) groups is 1. The van der Waals surface area contributed by atoms with E-state index in [1.54, 1.807) is 24.7 Å². The molecule has 2 rings (SSSR count). The van der Waals surface area contributed by atoms with Gasteiger partial charge in [-0.05, 0) is 35.0 Å². The van der Waals surface area contributed by atoms with Gasteiger partial charge in [-0.1, -0.05) is 0 Å². The van der Waals surface area contributed by atoms with Gasteiger partial charge in [0.05, 0.1) is 6.33 Å². The topological polar surface area (TPSA) is 60.1 Å². The first-order chi connectivity index (χ1) is 8.15. The lowest BCUT2D eigenvalue weighted by Gasteiger charge is -2.13. The summed E-state index contributed by atoms with van der Waals surface area (Å²) < 4.78 is 7.62. The second-order valence-electron chi connectivity index (χ2n) is 3.74. The summed E-state index contributed by atoms with van der Waals surface area (Å²) >= 11 is 3.16. The fraction of sp³-hybridized carbons (Fsp3) is 0.273. The van der Waals surface area contributed by atoms with Crippen LogP contribution in [0.15, 0.2) is 39.9 Å². The number of halogens is 1. The summed E-state index contributed by atoms with van der Waals surface area (Å²) in [6.45, 7) is 2.60. The number of rotatable bonds is 4. The Kier molecular flexibility index (Phi) is 3.63. The van der Waals surface area contributed by atoms with Gasteiger partial charge in [0.2, 0.25) is 0 Å². The molecule has 0 aliphatic carbocycles. The Labute approximate surface area is 107 Å². The average molecular weight is 298 g/mol. The van der Waals surface area contributed by atoms with Crippen LogP contribution in [0.3, 0.4) is 0 Å². The van der Waals surface area contributed by atoms with Gasteiger partial charge in [-0.15, -0.1) is 0 Å². The molecule has 90 valence electrons. The molecular weight excluding hydrogens is 286 g/mol. The predicted octanol–water partition coefficient (Wildman–Crippen LogP) is 2.06. The van der Waals surface area contributed by atoms with Crippen LogP contribution in [0.2, 0.25) is 0 Å². The Morgan fingerprint density at radius 1 is 1.65 bits per heavy atom. The number of hydrogen-bond acceptors (Lipinski definition) is 3. The molecule has 0 aliphatic heterocycles. The lowest BCUT2D eigenvalue weighted by Crippen LogP contribution is -2.35. The molecule has 0 aliphatic rings. The Morgan fingerprint density at radius 3 is 3.06 bits per heavy atom. The Hall–Kier alpha value is -1.56. The zero-order valence-corrected chi connectivity index (χ0v) is 10.8. The Bertz CT molecular complexity index is 493. The molecule has 0 saturated heterocycles. The normalized spacial score (nSPS) is 12.4. The number of carbonyl (C=O) groups excluding carboxylic acids is 1. The minimum atomic E-state index is -0.219. The van der Waals surface area contributed by atoms with Crippen LogP contribution >= 0.6 is 15.9 Å². The molecule has 0 spiro atoms. The largest absolute Gasteiger partial charge is 0.444 e. The third kappa shape index (κ3) is 3.20. The minimum absolute atomic E-state index is 0.000533. The van der Waals surface area contributed by atoms with Gasteiger partial charge in [-0.25, -0.2) is 4.98 Å². The Morgan fingerprint density at radius 2 is 2.47 bits per heavy atom. The van der Waals surface area contributed by atoms with Crippen LogP contribution < -0.4 is 5.32 Å². The molecular formula is C11H12BrN3O2. The number of aromatic nitrogens is 2. The van der Waals surface area contributed by atoms with Crippen molar-refractivity contribution in [2.24, 2.45) is 0 Å². The highest BCUT2D eigenvalue weighted by molar-refractivity contribution is 9.10. The Balaban J connectivity index is 1.90. The summed E-state index contributed by atoms with van der Waals surface area (Å²) in [6.07, 6.45) is 5.27. The van der Waals surface area contributed by atoms with Gasteiger partial charge in [0, 0.05) is 25.0 Å². The first-order valence-electron chi connectivity index (χ1n) is 5.17. The smallest absolute Gasteiger partial charge is 0.287 e. The van der Waals surface area contributed by atoms with Gasteiger partial charge in [-0.3, -0.25) is 4.79 Å². The summed E-state index contributed by atoms with van der Waals surface area (Å²) in [7, 11) is 0. The summed E-state index contributed by atoms with van der Waals surface area (Å²) in [5.41, 5.74) is 0. The van der Waals surface area contributed by atoms with Crippen molar-refractivity contribution in [3.8, 4) is 0 Å². The molecule has 2 aromatic heterocycles. The van der Waals surface area contributed by atoms with E-state index in [1.165, 1.54) is 0 Å². The van der Waals surface area contributed by atoms with Crippen molar-refractivity contribution >= 4 is 21.8 Å². The molecule has 1 amide bonds. The van der Waals surface area contributed by atoms with E-state index in [1.807, 2.05) is 17.7 Å². The molecule has 0 saturated carbocycles. The van der Waals surface area contributed by atoms with Crippen LogP contribution in [0.1, 0.15) is 17.5 Å². The maximum atomic E-state index is 11.7. The monoisotopic (exact) mass is 297 g/mol. The van der Waals surface area contributed by atoms with E-state index in [9.17, 15) is 4.79 Å². The molecule has 0 bridgehead atoms. The number of nitrogens with one attached hydrogen (secondary N) is 1. The van der Waals surface area contributed by atoms with Crippen molar-refractivity contribution in [3.63, 3.8) is 0 Å². The molecule has 5 nitrogen and oxygen atoms in total. The van der Waals surface area contributed by atoms with Crippen molar-refractivity contribution in [1.82, 2.24) is 14.9 Å². The first kappa shape index (κ1) is 11.9. The highest BCUT2D eigenvalue weighted by Gasteiger charge is 2.13. The van der Waals surface area contributed by atoms with E-state index in [0.29, 0.717) is 17.0 Å². The number of amides is 1. The third-order valence-electron chi connectivity index (χ3n) is 2.22. The van der Waals surface area contributed by atoms with Crippen molar-refractivity contribution in [2.45, 2.75) is 19.5 Å². The zero-order valence-electron chi connectivity index (χ0n) is 9.26. The number of furan rings is 1. The van der Waals surface area contributed by atoms with Gasteiger partial charge in [-0.2, -0.15) is 0 Å². The van der Waals surface area contributed by atoms with Crippen LogP contribution in [0, 0.1) is 0 Å². The highest BCUT2D eigenvalue weighted by Crippen LogP contribution is 2.13. The van der Waals surface area contributed by atoms with Crippen molar-refractivity contribution in [1.29, 1.82) is 0 Å². The predicted molar refractivity (Wildman–Crippen MR) is 65.6 cm³/mol. The number of hydrogen-bond donors (Lipinski definition) is 1. The van der Waals surface area contributed by atoms with Gasteiger partial charge in [0.1, 0.15) is 0 Å². The third-order valence-corrected chi connectivity index (χ3v) is 2.64. The molecule has 0 fully saturated rings. The van der Waals surface area contributed by atoms with Crippen LogP contribution in [0.4, 0.5) is 0 Å². The van der Waals surface area contributed by atoms with E-state index in [4.69, 9.17) is 4.42 Å². The second kappa shape index (κ2) is 5.18. The zero-order chi connectivity index (χ0) is 12.3.